The van der Waals surface area contributed by atoms with Gasteiger partial charge < -0.3 is 5.32 Å². The number of thiophene rings is 2. The molecular formula is C14H15N5OS2. The van der Waals surface area contributed by atoms with Gasteiger partial charge in [-0.25, -0.2) is 0 Å². The molecule has 22 heavy (non-hydrogen) atoms. The van der Waals surface area contributed by atoms with E-state index >= 15 is 0 Å². The Morgan fingerprint density at radius 1 is 1.50 bits per heavy atom. The summed E-state index contributed by atoms with van der Waals surface area (Å²) in [6, 6.07) is 2.18. The maximum Gasteiger partial charge on any atom is 0.224 e. The second-order valence-corrected chi connectivity index (χ2v) is 7.95. The Morgan fingerprint density at radius 3 is 3.09 bits per heavy atom. The van der Waals surface area contributed by atoms with Gasteiger partial charge in [-0.1, -0.05) is 5.21 Å². The van der Waals surface area contributed by atoms with Crippen molar-refractivity contribution >= 4 is 38.0 Å². The molecule has 1 amide bonds. The van der Waals surface area contributed by atoms with E-state index in [1.807, 2.05) is 0 Å². The molecule has 2 N–H and O–H groups in total. The van der Waals surface area contributed by atoms with Crippen LogP contribution in [0.3, 0.4) is 0 Å². The van der Waals surface area contributed by atoms with E-state index in [4.69, 9.17) is 0 Å². The van der Waals surface area contributed by atoms with Crippen LogP contribution in [0, 0.1) is 6.92 Å². The van der Waals surface area contributed by atoms with Gasteiger partial charge in [-0.15, -0.1) is 32.9 Å². The van der Waals surface area contributed by atoms with Crippen molar-refractivity contribution in [3.05, 3.63) is 27.7 Å². The Hall–Kier alpha value is -1.80. The van der Waals surface area contributed by atoms with Gasteiger partial charge in [0.05, 0.1) is 11.8 Å². The Morgan fingerprint density at radius 2 is 2.36 bits per heavy atom. The lowest BCUT2D eigenvalue weighted by atomic mass is 10.1. The minimum absolute atomic E-state index is 0.0560. The fourth-order valence-electron chi connectivity index (χ4n) is 2.63. The number of carbonyl (C=O) groups excluding carboxylic acids is 1. The molecule has 3 heterocycles. The van der Waals surface area contributed by atoms with Crippen molar-refractivity contribution < 1.29 is 4.79 Å². The van der Waals surface area contributed by atoms with Crippen LogP contribution in [0.25, 0.3) is 9.40 Å². The molecule has 0 radical (unpaired) electrons. The standard InChI is InChI=1S/C14H15N5OS2/c1-8-4-10-12(22-8)9(6-21-10)5-11(20)15-7-14(2-3-14)13-16-18-19-17-13/h4,6H,2-3,5,7H2,1H3,(H,15,20)(H,16,17,18,19). The zero-order chi connectivity index (χ0) is 15.2. The molecule has 1 saturated carbocycles. The number of fused-ring (bicyclic) bond motifs is 1. The molecule has 3 aromatic heterocycles. The molecule has 0 unspecified atom stereocenters. The number of aryl methyl sites for hydroxylation is 1. The van der Waals surface area contributed by atoms with Crippen molar-refractivity contribution in [1.29, 1.82) is 0 Å². The normalized spacial score (nSPS) is 16.0. The molecule has 0 atom stereocenters. The fourth-order valence-corrected chi connectivity index (χ4v) is 4.92. The van der Waals surface area contributed by atoms with E-state index in [0.29, 0.717) is 18.8 Å². The Balaban J connectivity index is 1.41. The van der Waals surface area contributed by atoms with Crippen molar-refractivity contribution in [3.8, 4) is 0 Å². The zero-order valence-corrected chi connectivity index (χ0v) is 13.7. The van der Waals surface area contributed by atoms with Crippen LogP contribution in [0.4, 0.5) is 0 Å². The van der Waals surface area contributed by atoms with Gasteiger partial charge in [0.25, 0.3) is 0 Å². The summed E-state index contributed by atoms with van der Waals surface area (Å²) >= 11 is 3.47. The van der Waals surface area contributed by atoms with Gasteiger partial charge >= 0.3 is 0 Å². The van der Waals surface area contributed by atoms with Crippen molar-refractivity contribution in [2.45, 2.75) is 31.6 Å². The first-order chi connectivity index (χ1) is 10.7. The highest BCUT2D eigenvalue weighted by atomic mass is 32.1. The van der Waals surface area contributed by atoms with Crippen molar-refractivity contribution in [1.82, 2.24) is 25.9 Å². The van der Waals surface area contributed by atoms with E-state index in [1.54, 1.807) is 22.7 Å². The molecular weight excluding hydrogens is 318 g/mol. The third-order valence-electron chi connectivity index (χ3n) is 4.09. The number of aromatic nitrogens is 4. The number of carbonyl (C=O) groups is 1. The molecule has 4 rings (SSSR count). The molecule has 1 aliphatic carbocycles. The highest BCUT2D eigenvalue weighted by Gasteiger charge is 2.48. The van der Waals surface area contributed by atoms with Crippen LogP contribution in [-0.2, 0) is 16.6 Å². The number of hydrogen-bond donors (Lipinski definition) is 2. The summed E-state index contributed by atoms with van der Waals surface area (Å²) in [5.41, 5.74) is 1.02. The van der Waals surface area contributed by atoms with Crippen molar-refractivity contribution in [2.24, 2.45) is 0 Å². The third-order valence-corrected chi connectivity index (χ3v) is 6.32. The monoisotopic (exact) mass is 333 g/mol. The third kappa shape index (κ3) is 2.42. The first-order valence-corrected chi connectivity index (χ1v) is 8.83. The van der Waals surface area contributed by atoms with E-state index < -0.39 is 0 Å². The lowest BCUT2D eigenvalue weighted by Crippen LogP contribution is -2.33. The summed E-state index contributed by atoms with van der Waals surface area (Å²) in [6.45, 7) is 2.69. The Labute approximate surface area is 134 Å². The maximum atomic E-state index is 12.2. The molecule has 0 saturated heterocycles. The molecule has 0 aliphatic heterocycles. The summed E-state index contributed by atoms with van der Waals surface area (Å²) in [6.07, 6.45) is 2.43. The molecule has 1 aliphatic rings. The largest absolute Gasteiger partial charge is 0.355 e. The number of amides is 1. The van der Waals surface area contributed by atoms with E-state index in [9.17, 15) is 4.79 Å². The highest BCUT2D eigenvalue weighted by Crippen LogP contribution is 2.45. The van der Waals surface area contributed by atoms with Crippen LogP contribution in [0.15, 0.2) is 11.4 Å². The lowest BCUT2D eigenvalue weighted by Gasteiger charge is -2.11. The quantitative estimate of drug-likeness (QED) is 0.749. The predicted molar refractivity (Wildman–Crippen MR) is 86.2 cm³/mol. The first kappa shape index (κ1) is 13.8. The zero-order valence-electron chi connectivity index (χ0n) is 12.0. The van der Waals surface area contributed by atoms with E-state index in [0.717, 1.165) is 18.4 Å². The van der Waals surface area contributed by atoms with Gasteiger partial charge in [-0.2, -0.15) is 5.21 Å². The second-order valence-electron chi connectivity index (χ2n) is 5.78. The molecule has 0 aromatic carbocycles. The van der Waals surface area contributed by atoms with Crippen LogP contribution >= 0.6 is 22.7 Å². The molecule has 6 nitrogen and oxygen atoms in total. The average Bonchev–Trinajstić information content (AvgIpc) is 2.86. The topological polar surface area (TPSA) is 83.6 Å². The summed E-state index contributed by atoms with van der Waals surface area (Å²) in [7, 11) is 0. The molecule has 1 fully saturated rings. The summed E-state index contributed by atoms with van der Waals surface area (Å²) < 4.78 is 2.52. The smallest absolute Gasteiger partial charge is 0.224 e. The highest BCUT2D eigenvalue weighted by molar-refractivity contribution is 7.27. The van der Waals surface area contributed by atoms with Gasteiger partial charge in [0.1, 0.15) is 0 Å². The molecule has 3 aromatic rings. The number of H-pyrrole nitrogens is 1. The minimum Gasteiger partial charge on any atom is -0.355 e. The Kier molecular flexibility index (Phi) is 3.23. The van der Waals surface area contributed by atoms with Gasteiger partial charge in [0, 0.05) is 20.8 Å². The fraction of sp³-hybridized carbons (Fsp3) is 0.429. The summed E-state index contributed by atoms with van der Waals surface area (Å²) in [4.78, 5) is 13.5. The summed E-state index contributed by atoms with van der Waals surface area (Å²) in [5, 5.41) is 19.3. The van der Waals surface area contributed by atoms with Gasteiger partial charge in [-0.3, -0.25) is 4.79 Å². The molecule has 0 bridgehead atoms. The van der Waals surface area contributed by atoms with Crippen molar-refractivity contribution in [2.75, 3.05) is 6.54 Å². The second kappa shape index (κ2) is 5.13. The predicted octanol–water partition coefficient (Wildman–Crippen LogP) is 2.17. The van der Waals surface area contributed by atoms with E-state index in [-0.39, 0.29) is 11.3 Å². The molecule has 114 valence electrons. The van der Waals surface area contributed by atoms with Gasteiger partial charge in [0.15, 0.2) is 5.82 Å². The van der Waals surface area contributed by atoms with Crippen LogP contribution in [0.2, 0.25) is 0 Å². The molecule has 8 heteroatoms. The maximum absolute atomic E-state index is 12.2. The number of rotatable bonds is 5. The van der Waals surface area contributed by atoms with Crippen LogP contribution in [0.5, 0.6) is 0 Å². The Bertz CT molecular complexity index is 816. The summed E-state index contributed by atoms with van der Waals surface area (Å²) in [5.74, 6) is 0.764. The number of nitrogens with one attached hydrogen (secondary N) is 2. The lowest BCUT2D eigenvalue weighted by molar-refractivity contribution is -0.120. The SMILES string of the molecule is Cc1cc2scc(CC(=O)NCC3(c4nn[nH]n4)CC3)c2s1. The van der Waals surface area contributed by atoms with Crippen LogP contribution in [-0.4, -0.2) is 33.1 Å². The van der Waals surface area contributed by atoms with Gasteiger partial charge in [-0.05, 0) is 36.8 Å². The van der Waals surface area contributed by atoms with E-state index in [2.05, 4.69) is 44.3 Å². The first-order valence-electron chi connectivity index (χ1n) is 7.13. The number of hydrogen-bond acceptors (Lipinski definition) is 6. The number of nitrogens with zero attached hydrogens (tertiary/aromatic N) is 3. The minimum atomic E-state index is -0.105. The number of aromatic amines is 1. The van der Waals surface area contributed by atoms with Gasteiger partial charge in [0.2, 0.25) is 5.91 Å². The van der Waals surface area contributed by atoms with E-state index in [1.165, 1.54) is 14.3 Å². The van der Waals surface area contributed by atoms with Crippen LogP contribution in [0.1, 0.15) is 29.1 Å². The van der Waals surface area contributed by atoms with Crippen LogP contribution < -0.4 is 5.32 Å². The molecule has 0 spiro atoms. The average molecular weight is 333 g/mol. The number of tetrazole rings is 1. The van der Waals surface area contributed by atoms with Crippen molar-refractivity contribution in [3.63, 3.8) is 0 Å².